The molecule has 0 rings (SSSR count). The van der Waals surface area contributed by atoms with Crippen molar-refractivity contribution in [3.05, 3.63) is 36.5 Å². The number of carbonyl (C=O) groups excluding carboxylic acids is 3. The molecule has 0 fully saturated rings. The van der Waals surface area contributed by atoms with E-state index in [2.05, 4.69) is 57.2 Å². The maximum Gasteiger partial charge on any atom is 0.306 e. The standard InChI is InChI=1S/C64H118O6/c1-4-7-10-13-16-19-22-24-25-26-27-28-29-30-31-32-33-34-35-36-37-38-39-41-42-45-48-51-54-57-63(66)69-60-61(59-68-62(65)56-53-50-47-44-21-18-15-12-9-6-3)70-64(67)58-55-52-49-46-43-40-23-20-17-14-11-8-5-2/h12,15,22,24,26-27,61H,4-11,13-14,16-21,23,25,28-60H2,1-3H3/b15-12-,24-22-,27-26-. The molecule has 0 heterocycles. The predicted molar refractivity (Wildman–Crippen MR) is 302 cm³/mol. The molecule has 6 heteroatoms. The van der Waals surface area contributed by atoms with Crippen molar-refractivity contribution in [1.82, 2.24) is 0 Å². The molecule has 0 aromatic rings. The minimum atomic E-state index is -0.770. The summed E-state index contributed by atoms with van der Waals surface area (Å²) < 4.78 is 16.8. The topological polar surface area (TPSA) is 78.9 Å². The Labute approximate surface area is 435 Å². The fraction of sp³-hybridized carbons (Fsp3) is 0.859. The molecule has 0 radical (unpaired) electrons. The second kappa shape index (κ2) is 59.2. The Bertz CT molecular complexity index is 1170. The van der Waals surface area contributed by atoms with Gasteiger partial charge in [-0.15, -0.1) is 0 Å². The second-order valence-corrected chi connectivity index (χ2v) is 21.0. The number of hydrogen-bond acceptors (Lipinski definition) is 6. The quantitative estimate of drug-likeness (QED) is 0.0261. The molecule has 0 saturated heterocycles. The van der Waals surface area contributed by atoms with Crippen molar-refractivity contribution in [3.8, 4) is 0 Å². The normalized spacial score (nSPS) is 12.2. The maximum absolute atomic E-state index is 12.8. The van der Waals surface area contributed by atoms with Gasteiger partial charge in [-0.2, -0.15) is 0 Å². The van der Waals surface area contributed by atoms with Crippen molar-refractivity contribution in [1.29, 1.82) is 0 Å². The van der Waals surface area contributed by atoms with Crippen LogP contribution in [0.2, 0.25) is 0 Å². The van der Waals surface area contributed by atoms with E-state index < -0.39 is 6.10 Å². The smallest absolute Gasteiger partial charge is 0.306 e. The lowest BCUT2D eigenvalue weighted by Crippen LogP contribution is -2.30. The molecule has 1 atom stereocenters. The third kappa shape index (κ3) is 56.5. The van der Waals surface area contributed by atoms with Crippen LogP contribution in [0.15, 0.2) is 36.5 Å². The highest BCUT2D eigenvalue weighted by atomic mass is 16.6. The third-order valence-electron chi connectivity index (χ3n) is 13.8. The van der Waals surface area contributed by atoms with Crippen LogP contribution in [0, 0.1) is 0 Å². The summed E-state index contributed by atoms with van der Waals surface area (Å²) in [5, 5.41) is 0. The largest absolute Gasteiger partial charge is 0.462 e. The van der Waals surface area contributed by atoms with E-state index in [0.29, 0.717) is 19.3 Å². The van der Waals surface area contributed by atoms with Gasteiger partial charge in [-0.3, -0.25) is 14.4 Å². The minimum Gasteiger partial charge on any atom is -0.462 e. The Balaban J connectivity index is 4.08. The Morgan fingerprint density at radius 1 is 0.286 bits per heavy atom. The van der Waals surface area contributed by atoms with Crippen molar-refractivity contribution in [2.45, 2.75) is 341 Å². The summed E-state index contributed by atoms with van der Waals surface area (Å²) in [6.45, 7) is 6.60. The summed E-state index contributed by atoms with van der Waals surface area (Å²) in [6.07, 6.45) is 71.7. The average molecular weight is 984 g/mol. The van der Waals surface area contributed by atoms with Gasteiger partial charge in [0.05, 0.1) is 0 Å². The number of rotatable bonds is 57. The molecule has 0 N–H and O–H groups in total. The van der Waals surface area contributed by atoms with E-state index in [1.165, 1.54) is 218 Å². The third-order valence-corrected chi connectivity index (χ3v) is 13.8. The van der Waals surface area contributed by atoms with Crippen LogP contribution in [0.25, 0.3) is 0 Å². The molecule has 0 amide bonds. The van der Waals surface area contributed by atoms with Crippen LogP contribution in [-0.2, 0) is 28.6 Å². The van der Waals surface area contributed by atoms with Gasteiger partial charge in [-0.05, 0) is 70.6 Å². The maximum atomic E-state index is 12.8. The van der Waals surface area contributed by atoms with Crippen molar-refractivity contribution in [2.24, 2.45) is 0 Å². The van der Waals surface area contributed by atoms with E-state index in [0.717, 1.165) is 77.0 Å². The summed E-state index contributed by atoms with van der Waals surface area (Å²) in [7, 11) is 0. The van der Waals surface area contributed by atoms with Crippen LogP contribution >= 0.6 is 0 Å². The van der Waals surface area contributed by atoms with Gasteiger partial charge in [-0.1, -0.05) is 282 Å². The number of esters is 3. The summed E-state index contributed by atoms with van der Waals surface area (Å²) >= 11 is 0. The van der Waals surface area contributed by atoms with E-state index in [9.17, 15) is 14.4 Å². The van der Waals surface area contributed by atoms with E-state index in [1.54, 1.807) is 0 Å². The van der Waals surface area contributed by atoms with Crippen molar-refractivity contribution in [3.63, 3.8) is 0 Å². The molecular weight excluding hydrogens is 865 g/mol. The zero-order valence-electron chi connectivity index (χ0n) is 47.1. The Morgan fingerprint density at radius 3 is 0.857 bits per heavy atom. The van der Waals surface area contributed by atoms with Gasteiger partial charge in [0.2, 0.25) is 0 Å². The monoisotopic (exact) mass is 983 g/mol. The minimum absolute atomic E-state index is 0.0700. The fourth-order valence-corrected chi connectivity index (χ4v) is 9.18. The van der Waals surface area contributed by atoms with Gasteiger partial charge in [0.1, 0.15) is 13.2 Å². The lowest BCUT2D eigenvalue weighted by Gasteiger charge is -2.18. The first-order valence-corrected chi connectivity index (χ1v) is 31.0. The first-order valence-electron chi connectivity index (χ1n) is 31.0. The summed E-state index contributed by atoms with van der Waals surface area (Å²) in [6, 6.07) is 0. The van der Waals surface area contributed by atoms with Crippen LogP contribution in [0.1, 0.15) is 335 Å². The number of ether oxygens (including phenoxy) is 3. The molecule has 0 aliphatic carbocycles. The SMILES string of the molecule is CCC/C=C\CCCCCCCC(=O)OCC(COC(=O)CCCCCCCCCCCCCCCCCCC/C=C\C/C=C\CCCCCCC)OC(=O)CCCCCCCCCCCCCCC. The van der Waals surface area contributed by atoms with Gasteiger partial charge in [0, 0.05) is 19.3 Å². The molecule has 0 saturated carbocycles. The molecule has 0 aromatic heterocycles. The second-order valence-electron chi connectivity index (χ2n) is 21.0. The van der Waals surface area contributed by atoms with Crippen molar-refractivity contribution < 1.29 is 28.6 Å². The van der Waals surface area contributed by atoms with Gasteiger partial charge in [0.15, 0.2) is 6.10 Å². The Morgan fingerprint density at radius 2 is 0.543 bits per heavy atom. The van der Waals surface area contributed by atoms with Crippen molar-refractivity contribution in [2.75, 3.05) is 13.2 Å². The molecule has 0 aliphatic heterocycles. The molecule has 0 bridgehead atoms. The van der Waals surface area contributed by atoms with E-state index in [-0.39, 0.29) is 31.1 Å². The van der Waals surface area contributed by atoms with E-state index in [4.69, 9.17) is 14.2 Å². The Hall–Kier alpha value is -2.37. The summed E-state index contributed by atoms with van der Waals surface area (Å²) in [5.74, 6) is -0.863. The number of hydrogen-bond donors (Lipinski definition) is 0. The highest BCUT2D eigenvalue weighted by molar-refractivity contribution is 5.71. The zero-order chi connectivity index (χ0) is 50.7. The lowest BCUT2D eigenvalue weighted by molar-refractivity contribution is -0.167. The first kappa shape index (κ1) is 67.6. The van der Waals surface area contributed by atoms with Crippen LogP contribution in [-0.4, -0.2) is 37.2 Å². The average Bonchev–Trinajstić information content (AvgIpc) is 3.36. The lowest BCUT2D eigenvalue weighted by atomic mass is 10.0. The molecule has 0 spiro atoms. The molecule has 410 valence electrons. The molecular formula is C64H118O6. The fourth-order valence-electron chi connectivity index (χ4n) is 9.18. The number of unbranched alkanes of at least 4 members (excludes halogenated alkanes) is 40. The molecule has 1 unspecified atom stereocenters. The van der Waals surface area contributed by atoms with Gasteiger partial charge < -0.3 is 14.2 Å². The van der Waals surface area contributed by atoms with E-state index in [1.807, 2.05) is 0 Å². The molecule has 6 nitrogen and oxygen atoms in total. The van der Waals surface area contributed by atoms with Gasteiger partial charge >= 0.3 is 17.9 Å². The zero-order valence-corrected chi connectivity index (χ0v) is 47.1. The summed E-state index contributed by atoms with van der Waals surface area (Å²) in [5.41, 5.74) is 0. The summed E-state index contributed by atoms with van der Waals surface area (Å²) in [4.78, 5) is 38.1. The Kier molecular flexibility index (Phi) is 57.2. The first-order chi connectivity index (χ1) is 34.5. The molecule has 0 aromatic carbocycles. The molecule has 0 aliphatic rings. The van der Waals surface area contributed by atoms with Gasteiger partial charge in [0.25, 0.3) is 0 Å². The van der Waals surface area contributed by atoms with Gasteiger partial charge in [-0.25, -0.2) is 0 Å². The number of carbonyl (C=O) groups is 3. The van der Waals surface area contributed by atoms with Crippen LogP contribution in [0.5, 0.6) is 0 Å². The number of allylic oxidation sites excluding steroid dienone is 6. The van der Waals surface area contributed by atoms with E-state index >= 15 is 0 Å². The highest BCUT2D eigenvalue weighted by Crippen LogP contribution is 2.17. The molecule has 70 heavy (non-hydrogen) atoms. The van der Waals surface area contributed by atoms with Crippen LogP contribution in [0.3, 0.4) is 0 Å². The van der Waals surface area contributed by atoms with Crippen LogP contribution < -0.4 is 0 Å². The highest BCUT2D eigenvalue weighted by Gasteiger charge is 2.19. The van der Waals surface area contributed by atoms with Crippen molar-refractivity contribution >= 4 is 17.9 Å². The van der Waals surface area contributed by atoms with Crippen LogP contribution in [0.4, 0.5) is 0 Å². The predicted octanol–water partition coefficient (Wildman–Crippen LogP) is 20.8.